The number of hydrogen-bond acceptors (Lipinski definition) is 4. The van der Waals surface area contributed by atoms with Crippen LogP contribution in [0.3, 0.4) is 0 Å². The van der Waals surface area contributed by atoms with E-state index < -0.39 is 0 Å². The Balaban J connectivity index is 2.80. The Bertz CT molecular complexity index is 465. The molecule has 5 nitrogen and oxygen atoms in total. The zero-order valence-corrected chi connectivity index (χ0v) is 8.50. The number of aromatic amines is 1. The summed E-state index contributed by atoms with van der Waals surface area (Å²) in [4.78, 5) is 8.00. The molecule has 2 heterocycles. The van der Waals surface area contributed by atoms with Gasteiger partial charge in [-0.1, -0.05) is 20.8 Å². The minimum Gasteiger partial charge on any atom is -0.383 e. The summed E-state index contributed by atoms with van der Waals surface area (Å²) in [6, 6.07) is 0. The Kier molecular flexibility index (Phi) is 1.70. The van der Waals surface area contributed by atoms with E-state index in [-0.39, 0.29) is 5.41 Å². The molecule has 0 saturated carbocycles. The minimum absolute atomic E-state index is 0.0341. The third kappa shape index (κ3) is 1.21. The van der Waals surface area contributed by atoms with E-state index in [1.807, 2.05) is 0 Å². The molecule has 0 atom stereocenters. The average molecular weight is 191 g/mol. The number of nitrogens with zero attached hydrogens (tertiary/aromatic N) is 3. The van der Waals surface area contributed by atoms with Crippen molar-refractivity contribution in [2.75, 3.05) is 5.73 Å². The number of H-pyrrole nitrogens is 1. The molecule has 0 aliphatic carbocycles. The van der Waals surface area contributed by atoms with Gasteiger partial charge in [0.05, 0.1) is 11.1 Å². The monoisotopic (exact) mass is 191 g/mol. The summed E-state index contributed by atoms with van der Waals surface area (Å²) in [5, 5.41) is 7.89. The summed E-state index contributed by atoms with van der Waals surface area (Å²) in [5.41, 5.74) is 7.36. The summed E-state index contributed by atoms with van der Waals surface area (Å²) < 4.78 is 0. The molecule has 0 fully saturated rings. The second-order valence-electron chi connectivity index (χ2n) is 4.31. The van der Waals surface area contributed by atoms with Crippen molar-refractivity contribution in [3.63, 3.8) is 0 Å². The molecule has 0 saturated heterocycles. The predicted molar refractivity (Wildman–Crippen MR) is 54.8 cm³/mol. The fourth-order valence-corrected chi connectivity index (χ4v) is 1.42. The molecule has 0 amide bonds. The van der Waals surface area contributed by atoms with Gasteiger partial charge in [0.25, 0.3) is 0 Å². The zero-order valence-electron chi connectivity index (χ0n) is 8.50. The molecule has 74 valence electrons. The molecular weight excluding hydrogens is 178 g/mol. The molecule has 3 N–H and O–H groups in total. The van der Waals surface area contributed by atoms with E-state index in [9.17, 15) is 0 Å². The lowest BCUT2D eigenvalue weighted by atomic mass is 9.90. The normalized spacial score (nSPS) is 12.2. The van der Waals surface area contributed by atoms with Crippen molar-refractivity contribution in [2.24, 2.45) is 0 Å². The summed E-state index contributed by atoms with van der Waals surface area (Å²) in [5.74, 6) is 0.480. The van der Waals surface area contributed by atoms with E-state index in [4.69, 9.17) is 5.73 Å². The SMILES string of the molecule is CC(C)(C)c1[nH]nc2ncnc(N)c12. The van der Waals surface area contributed by atoms with Crippen LogP contribution in [-0.4, -0.2) is 20.2 Å². The maximum Gasteiger partial charge on any atom is 0.186 e. The van der Waals surface area contributed by atoms with Crippen LogP contribution in [-0.2, 0) is 5.41 Å². The van der Waals surface area contributed by atoms with Crippen LogP contribution in [0.4, 0.5) is 5.82 Å². The fourth-order valence-electron chi connectivity index (χ4n) is 1.42. The molecule has 5 heteroatoms. The van der Waals surface area contributed by atoms with Crippen molar-refractivity contribution in [2.45, 2.75) is 26.2 Å². The van der Waals surface area contributed by atoms with Gasteiger partial charge in [-0.25, -0.2) is 9.97 Å². The Morgan fingerprint density at radius 3 is 2.64 bits per heavy atom. The van der Waals surface area contributed by atoms with Crippen molar-refractivity contribution in [3.05, 3.63) is 12.0 Å². The Hall–Kier alpha value is -1.65. The number of nitrogens with one attached hydrogen (secondary N) is 1. The standard InChI is InChI=1S/C9H13N5/c1-9(2,3)6-5-7(10)11-4-12-8(5)14-13-6/h4H,1-3H3,(H3,10,11,12,13,14). The maximum atomic E-state index is 5.79. The van der Waals surface area contributed by atoms with Crippen LogP contribution < -0.4 is 5.73 Å². The van der Waals surface area contributed by atoms with Crippen LogP contribution in [0, 0.1) is 0 Å². The summed E-state index contributed by atoms with van der Waals surface area (Å²) >= 11 is 0. The number of nitrogen functional groups attached to an aromatic ring is 1. The lowest BCUT2D eigenvalue weighted by molar-refractivity contribution is 0.571. The third-order valence-corrected chi connectivity index (χ3v) is 2.13. The zero-order chi connectivity index (χ0) is 10.3. The van der Waals surface area contributed by atoms with Crippen molar-refractivity contribution in [3.8, 4) is 0 Å². The van der Waals surface area contributed by atoms with Crippen molar-refractivity contribution < 1.29 is 0 Å². The Labute approximate surface area is 81.7 Å². The first-order valence-corrected chi connectivity index (χ1v) is 4.45. The maximum absolute atomic E-state index is 5.79. The van der Waals surface area contributed by atoms with Gasteiger partial charge in [-0.15, -0.1) is 0 Å². The van der Waals surface area contributed by atoms with Crippen molar-refractivity contribution in [1.82, 2.24) is 20.2 Å². The number of rotatable bonds is 0. The Morgan fingerprint density at radius 2 is 2.00 bits per heavy atom. The van der Waals surface area contributed by atoms with E-state index in [1.165, 1.54) is 6.33 Å². The summed E-state index contributed by atoms with van der Waals surface area (Å²) in [6.07, 6.45) is 1.42. The molecule has 0 bridgehead atoms. The largest absolute Gasteiger partial charge is 0.383 e. The van der Waals surface area contributed by atoms with E-state index in [0.29, 0.717) is 11.5 Å². The van der Waals surface area contributed by atoms with Gasteiger partial charge in [0.2, 0.25) is 0 Å². The highest BCUT2D eigenvalue weighted by Gasteiger charge is 2.21. The van der Waals surface area contributed by atoms with Crippen LogP contribution in [0.25, 0.3) is 11.0 Å². The van der Waals surface area contributed by atoms with Gasteiger partial charge < -0.3 is 5.73 Å². The molecule has 0 unspecified atom stereocenters. The predicted octanol–water partition coefficient (Wildman–Crippen LogP) is 1.23. The van der Waals surface area contributed by atoms with Crippen LogP contribution in [0.5, 0.6) is 0 Å². The number of anilines is 1. The van der Waals surface area contributed by atoms with Crippen LogP contribution in [0.1, 0.15) is 26.5 Å². The molecular formula is C9H13N5. The second-order valence-corrected chi connectivity index (χ2v) is 4.31. The minimum atomic E-state index is -0.0341. The lowest BCUT2D eigenvalue weighted by Gasteiger charge is -2.16. The first-order valence-electron chi connectivity index (χ1n) is 4.45. The Morgan fingerprint density at radius 1 is 1.29 bits per heavy atom. The molecule has 0 aliphatic heterocycles. The van der Waals surface area contributed by atoms with Gasteiger partial charge in [-0.05, 0) is 0 Å². The van der Waals surface area contributed by atoms with Crippen molar-refractivity contribution >= 4 is 16.9 Å². The summed E-state index contributed by atoms with van der Waals surface area (Å²) in [6.45, 7) is 6.27. The smallest absolute Gasteiger partial charge is 0.186 e. The third-order valence-electron chi connectivity index (χ3n) is 2.13. The number of nitrogens with two attached hydrogens (primary N) is 1. The van der Waals surface area contributed by atoms with Crippen LogP contribution >= 0.6 is 0 Å². The molecule has 0 aromatic carbocycles. The molecule has 2 aromatic heterocycles. The van der Waals surface area contributed by atoms with Gasteiger partial charge in [0.15, 0.2) is 5.65 Å². The van der Waals surface area contributed by atoms with Gasteiger partial charge >= 0.3 is 0 Å². The van der Waals surface area contributed by atoms with E-state index in [2.05, 4.69) is 40.9 Å². The molecule has 0 aliphatic rings. The van der Waals surface area contributed by atoms with Gasteiger partial charge in [-0.2, -0.15) is 5.10 Å². The quantitative estimate of drug-likeness (QED) is 0.656. The highest BCUT2D eigenvalue weighted by Crippen LogP contribution is 2.29. The van der Waals surface area contributed by atoms with Crippen molar-refractivity contribution in [1.29, 1.82) is 0 Å². The molecule has 2 aromatic rings. The fraction of sp³-hybridized carbons (Fsp3) is 0.444. The van der Waals surface area contributed by atoms with Crippen LogP contribution in [0.2, 0.25) is 0 Å². The second kappa shape index (κ2) is 2.67. The molecule has 14 heavy (non-hydrogen) atoms. The number of hydrogen-bond donors (Lipinski definition) is 2. The van der Waals surface area contributed by atoms with Gasteiger partial charge in [0.1, 0.15) is 12.1 Å². The summed E-state index contributed by atoms with van der Waals surface area (Å²) in [7, 11) is 0. The van der Waals surface area contributed by atoms with E-state index in [0.717, 1.165) is 11.1 Å². The van der Waals surface area contributed by atoms with Gasteiger partial charge in [0, 0.05) is 5.41 Å². The molecule has 0 radical (unpaired) electrons. The first kappa shape index (κ1) is 8.93. The highest BCUT2D eigenvalue weighted by atomic mass is 15.2. The van der Waals surface area contributed by atoms with Gasteiger partial charge in [-0.3, -0.25) is 5.10 Å². The topological polar surface area (TPSA) is 80.5 Å². The first-order chi connectivity index (χ1) is 6.50. The highest BCUT2D eigenvalue weighted by molar-refractivity contribution is 5.88. The molecule has 0 spiro atoms. The average Bonchev–Trinajstić information content (AvgIpc) is 2.47. The van der Waals surface area contributed by atoms with E-state index >= 15 is 0 Å². The number of aromatic nitrogens is 4. The lowest BCUT2D eigenvalue weighted by Crippen LogP contribution is -2.12. The van der Waals surface area contributed by atoms with E-state index in [1.54, 1.807) is 0 Å². The van der Waals surface area contributed by atoms with Crippen LogP contribution in [0.15, 0.2) is 6.33 Å². The number of fused-ring (bicyclic) bond motifs is 1. The molecule has 2 rings (SSSR count).